The zero-order chi connectivity index (χ0) is 8.65. The molecule has 0 aliphatic carbocycles. The SMILES string of the molecule is CC1CCC(C)C(C)(C)N1O. The van der Waals surface area contributed by atoms with Gasteiger partial charge in [-0.2, -0.15) is 5.06 Å². The van der Waals surface area contributed by atoms with E-state index < -0.39 is 0 Å². The van der Waals surface area contributed by atoms with E-state index in [4.69, 9.17) is 0 Å². The van der Waals surface area contributed by atoms with Crippen LogP contribution in [0.15, 0.2) is 0 Å². The van der Waals surface area contributed by atoms with Crippen LogP contribution in [0.2, 0.25) is 0 Å². The zero-order valence-corrected chi connectivity index (χ0v) is 7.96. The molecule has 0 bridgehead atoms. The van der Waals surface area contributed by atoms with E-state index >= 15 is 0 Å². The second kappa shape index (κ2) is 2.76. The number of nitrogens with zero attached hydrogens (tertiary/aromatic N) is 1. The topological polar surface area (TPSA) is 23.5 Å². The van der Waals surface area contributed by atoms with E-state index in [2.05, 4.69) is 27.7 Å². The van der Waals surface area contributed by atoms with Gasteiger partial charge >= 0.3 is 0 Å². The molecule has 1 aliphatic heterocycles. The normalized spacial score (nSPS) is 39.0. The maximum absolute atomic E-state index is 9.71. The van der Waals surface area contributed by atoms with Crippen molar-refractivity contribution >= 4 is 0 Å². The first kappa shape index (κ1) is 9.01. The molecule has 2 nitrogen and oxygen atoms in total. The predicted octanol–water partition coefficient (Wildman–Crippen LogP) is 2.27. The molecule has 0 aromatic carbocycles. The Morgan fingerprint density at radius 3 is 2.27 bits per heavy atom. The van der Waals surface area contributed by atoms with Gasteiger partial charge in [0.15, 0.2) is 0 Å². The molecule has 1 saturated heterocycles. The molecule has 11 heavy (non-hydrogen) atoms. The van der Waals surface area contributed by atoms with Crippen molar-refractivity contribution in [2.45, 2.75) is 52.1 Å². The van der Waals surface area contributed by atoms with Gasteiger partial charge in [-0.15, -0.1) is 0 Å². The summed E-state index contributed by atoms with van der Waals surface area (Å²) in [4.78, 5) is 0. The largest absolute Gasteiger partial charge is 0.313 e. The van der Waals surface area contributed by atoms with Crippen molar-refractivity contribution in [3.05, 3.63) is 0 Å². The van der Waals surface area contributed by atoms with Crippen molar-refractivity contribution in [2.24, 2.45) is 5.92 Å². The van der Waals surface area contributed by atoms with Crippen LogP contribution in [-0.2, 0) is 0 Å². The van der Waals surface area contributed by atoms with Crippen molar-refractivity contribution in [1.29, 1.82) is 0 Å². The quantitative estimate of drug-likeness (QED) is 0.583. The van der Waals surface area contributed by atoms with E-state index in [0.29, 0.717) is 12.0 Å². The predicted molar refractivity (Wildman–Crippen MR) is 45.6 cm³/mol. The summed E-state index contributed by atoms with van der Waals surface area (Å²) in [5.41, 5.74) is -0.0440. The Hall–Kier alpha value is -0.0800. The third-order valence-electron chi connectivity index (χ3n) is 3.23. The van der Waals surface area contributed by atoms with Crippen LogP contribution in [-0.4, -0.2) is 21.9 Å². The minimum atomic E-state index is -0.0440. The molecule has 2 heteroatoms. The van der Waals surface area contributed by atoms with Gasteiger partial charge in [0.1, 0.15) is 0 Å². The van der Waals surface area contributed by atoms with Crippen molar-refractivity contribution < 1.29 is 5.21 Å². The van der Waals surface area contributed by atoms with Gasteiger partial charge in [-0.25, -0.2) is 0 Å². The van der Waals surface area contributed by atoms with Crippen molar-refractivity contribution in [1.82, 2.24) is 5.06 Å². The van der Waals surface area contributed by atoms with Gasteiger partial charge in [-0.05, 0) is 39.5 Å². The van der Waals surface area contributed by atoms with E-state index in [1.165, 1.54) is 11.5 Å². The Balaban J connectivity index is 2.72. The van der Waals surface area contributed by atoms with Gasteiger partial charge in [0.2, 0.25) is 0 Å². The van der Waals surface area contributed by atoms with Gasteiger partial charge in [0.25, 0.3) is 0 Å². The average Bonchev–Trinajstić information content (AvgIpc) is 1.95. The lowest BCUT2D eigenvalue weighted by molar-refractivity contribution is -0.222. The molecule has 0 radical (unpaired) electrons. The molecule has 0 aromatic heterocycles. The Kier molecular flexibility index (Phi) is 2.26. The van der Waals surface area contributed by atoms with Crippen LogP contribution in [0.25, 0.3) is 0 Å². The summed E-state index contributed by atoms with van der Waals surface area (Å²) in [6.07, 6.45) is 2.34. The third kappa shape index (κ3) is 1.42. The summed E-state index contributed by atoms with van der Waals surface area (Å²) in [6, 6.07) is 0.321. The zero-order valence-electron chi connectivity index (χ0n) is 7.96. The number of hydroxylamine groups is 2. The fourth-order valence-corrected chi connectivity index (χ4v) is 1.76. The lowest BCUT2D eigenvalue weighted by Gasteiger charge is -2.46. The van der Waals surface area contributed by atoms with Gasteiger partial charge < -0.3 is 5.21 Å². The van der Waals surface area contributed by atoms with Crippen LogP contribution in [0, 0.1) is 5.92 Å². The third-order valence-corrected chi connectivity index (χ3v) is 3.23. The molecule has 0 saturated carbocycles. The molecule has 0 spiro atoms. The lowest BCUT2D eigenvalue weighted by Crippen LogP contribution is -2.54. The van der Waals surface area contributed by atoms with E-state index in [1.54, 1.807) is 0 Å². The number of hydrogen-bond donors (Lipinski definition) is 1. The molecular weight excluding hydrogens is 138 g/mol. The highest BCUT2D eigenvalue weighted by Crippen LogP contribution is 2.34. The number of piperidine rings is 1. The van der Waals surface area contributed by atoms with Gasteiger partial charge in [0, 0.05) is 11.6 Å². The molecule has 1 N–H and O–H groups in total. The second-order valence-corrected chi connectivity index (χ2v) is 4.33. The highest BCUT2D eigenvalue weighted by molar-refractivity contribution is 4.89. The number of rotatable bonds is 0. The maximum Gasteiger partial charge on any atom is 0.0432 e. The molecule has 2 unspecified atom stereocenters. The summed E-state index contributed by atoms with van der Waals surface area (Å²) in [5.74, 6) is 0.587. The summed E-state index contributed by atoms with van der Waals surface area (Å²) < 4.78 is 0. The van der Waals surface area contributed by atoms with E-state index in [9.17, 15) is 5.21 Å². The molecule has 1 fully saturated rings. The van der Waals surface area contributed by atoms with Gasteiger partial charge in [-0.3, -0.25) is 0 Å². The fraction of sp³-hybridized carbons (Fsp3) is 1.00. The molecule has 1 rings (SSSR count). The Morgan fingerprint density at radius 1 is 1.27 bits per heavy atom. The van der Waals surface area contributed by atoms with Crippen molar-refractivity contribution in [2.75, 3.05) is 0 Å². The minimum Gasteiger partial charge on any atom is -0.313 e. The van der Waals surface area contributed by atoms with Crippen LogP contribution in [0.4, 0.5) is 0 Å². The average molecular weight is 157 g/mol. The first-order valence-electron chi connectivity index (χ1n) is 4.44. The van der Waals surface area contributed by atoms with Crippen LogP contribution >= 0.6 is 0 Å². The van der Waals surface area contributed by atoms with Crippen LogP contribution in [0.3, 0.4) is 0 Å². The molecule has 0 amide bonds. The smallest absolute Gasteiger partial charge is 0.0432 e. The lowest BCUT2D eigenvalue weighted by atomic mass is 9.80. The van der Waals surface area contributed by atoms with Crippen molar-refractivity contribution in [3.8, 4) is 0 Å². The Morgan fingerprint density at radius 2 is 1.82 bits per heavy atom. The molecule has 1 heterocycles. The monoisotopic (exact) mass is 157 g/mol. The maximum atomic E-state index is 9.71. The minimum absolute atomic E-state index is 0.0440. The highest BCUT2D eigenvalue weighted by atomic mass is 16.5. The van der Waals surface area contributed by atoms with E-state index in [1.807, 2.05) is 0 Å². The van der Waals surface area contributed by atoms with Crippen LogP contribution in [0.5, 0.6) is 0 Å². The fourth-order valence-electron chi connectivity index (χ4n) is 1.76. The summed E-state index contributed by atoms with van der Waals surface area (Å²) in [7, 11) is 0. The van der Waals surface area contributed by atoms with E-state index in [-0.39, 0.29) is 5.54 Å². The molecule has 0 aromatic rings. The summed E-state index contributed by atoms with van der Waals surface area (Å²) in [6.45, 7) is 8.49. The molecule has 2 atom stereocenters. The van der Waals surface area contributed by atoms with Crippen LogP contribution < -0.4 is 0 Å². The van der Waals surface area contributed by atoms with E-state index in [0.717, 1.165) is 6.42 Å². The Bertz CT molecular complexity index is 144. The van der Waals surface area contributed by atoms with Crippen molar-refractivity contribution in [3.63, 3.8) is 0 Å². The summed E-state index contributed by atoms with van der Waals surface area (Å²) >= 11 is 0. The second-order valence-electron chi connectivity index (χ2n) is 4.33. The van der Waals surface area contributed by atoms with Gasteiger partial charge in [0.05, 0.1) is 0 Å². The first-order valence-corrected chi connectivity index (χ1v) is 4.44. The first-order chi connectivity index (χ1) is 4.96. The standard InChI is InChI=1S/C9H19NO/c1-7-5-6-8(2)10(11)9(7,3)4/h7-8,11H,5-6H2,1-4H3. The van der Waals surface area contributed by atoms with Crippen LogP contribution in [0.1, 0.15) is 40.5 Å². The summed E-state index contributed by atoms with van der Waals surface area (Å²) in [5, 5.41) is 11.2. The Labute approximate surface area is 69.2 Å². The highest BCUT2D eigenvalue weighted by Gasteiger charge is 2.38. The molecule has 1 aliphatic rings. The number of hydrogen-bond acceptors (Lipinski definition) is 2. The molecular formula is C9H19NO. The molecule has 66 valence electrons. The van der Waals surface area contributed by atoms with Gasteiger partial charge in [-0.1, -0.05) is 6.92 Å².